The molecule has 1 aliphatic carbocycles. The van der Waals surface area contributed by atoms with E-state index < -0.39 is 0 Å². The lowest BCUT2D eigenvalue weighted by molar-refractivity contribution is -1.05. The lowest BCUT2D eigenvalue weighted by Crippen LogP contribution is -3.32. The number of piperazine rings is 1. The van der Waals surface area contributed by atoms with Crippen molar-refractivity contribution >= 4 is 5.69 Å². The van der Waals surface area contributed by atoms with E-state index in [2.05, 4.69) is 0 Å². The van der Waals surface area contributed by atoms with Crippen molar-refractivity contribution in [3.05, 3.63) is 52.3 Å². The molecule has 6 nitrogen and oxygen atoms in total. The van der Waals surface area contributed by atoms with Gasteiger partial charge in [-0.05, 0) is 31.0 Å². The van der Waals surface area contributed by atoms with E-state index in [1.54, 1.807) is 23.1 Å². The Morgan fingerprint density at radius 3 is 2.63 bits per heavy atom. The van der Waals surface area contributed by atoms with Crippen molar-refractivity contribution in [1.29, 1.82) is 0 Å². The Kier molecular flexibility index (Phi) is 5.61. The SMILES string of the molecule is O=[N+]([O-])c1ccccc1-c1ccc(C[NH+]2CC[NH+]3CCC[C@@H]3[C@H]2C2CCCCC2)o1. The molecule has 1 aromatic carbocycles. The first-order valence-electron chi connectivity index (χ1n) is 11.7. The number of hydrogen-bond acceptors (Lipinski definition) is 3. The third kappa shape index (κ3) is 3.79. The average Bonchev–Trinajstić information content (AvgIpc) is 3.44. The van der Waals surface area contributed by atoms with Gasteiger partial charge < -0.3 is 14.2 Å². The summed E-state index contributed by atoms with van der Waals surface area (Å²) < 4.78 is 6.18. The van der Waals surface area contributed by atoms with E-state index in [1.807, 2.05) is 23.1 Å². The second-order valence-corrected chi connectivity index (χ2v) is 9.46. The molecule has 3 heterocycles. The lowest BCUT2D eigenvalue weighted by atomic mass is 9.78. The summed E-state index contributed by atoms with van der Waals surface area (Å²) in [7, 11) is 0. The minimum atomic E-state index is -0.329. The molecule has 2 unspecified atom stereocenters. The van der Waals surface area contributed by atoms with Gasteiger partial charge in [0.15, 0.2) is 5.76 Å². The molecule has 0 amide bonds. The minimum absolute atomic E-state index is 0.106. The van der Waals surface area contributed by atoms with Gasteiger partial charge in [0.05, 0.1) is 17.0 Å². The van der Waals surface area contributed by atoms with Crippen molar-refractivity contribution < 1.29 is 19.1 Å². The number of hydrogen-bond donors (Lipinski definition) is 2. The monoisotopic (exact) mass is 411 g/mol. The van der Waals surface area contributed by atoms with Gasteiger partial charge in [0.1, 0.15) is 37.5 Å². The van der Waals surface area contributed by atoms with Crippen molar-refractivity contribution in [2.24, 2.45) is 5.92 Å². The fourth-order valence-corrected chi connectivity index (χ4v) is 6.50. The van der Waals surface area contributed by atoms with Crippen molar-refractivity contribution in [3.63, 3.8) is 0 Å². The van der Waals surface area contributed by atoms with Gasteiger partial charge in [0.25, 0.3) is 5.69 Å². The summed E-state index contributed by atoms with van der Waals surface area (Å²) in [6.45, 7) is 4.71. The quantitative estimate of drug-likeness (QED) is 0.586. The van der Waals surface area contributed by atoms with Crippen LogP contribution in [0.1, 0.15) is 50.7 Å². The zero-order valence-corrected chi connectivity index (χ0v) is 17.6. The Balaban J connectivity index is 1.37. The van der Waals surface area contributed by atoms with Crippen LogP contribution in [0.2, 0.25) is 0 Å². The summed E-state index contributed by atoms with van der Waals surface area (Å²) in [6.07, 6.45) is 9.70. The third-order valence-corrected chi connectivity index (χ3v) is 7.80. The molecule has 2 aromatic rings. The standard InChI is InChI=1S/C24H31N3O3/c28-27(29)21-10-5-4-9-20(21)23-13-12-19(30-23)17-26-16-15-25-14-6-11-22(25)24(26)18-7-2-1-3-8-18/h4-5,9-10,12-13,18,22,24H,1-3,6-8,11,14-17H2/p+2/t22-,24-/m1/s1. The molecular weight excluding hydrogens is 378 g/mol. The molecule has 0 radical (unpaired) electrons. The van der Waals surface area contributed by atoms with Gasteiger partial charge >= 0.3 is 0 Å². The van der Waals surface area contributed by atoms with Crippen LogP contribution in [0.3, 0.4) is 0 Å². The molecule has 1 aromatic heterocycles. The number of fused-ring (bicyclic) bond motifs is 1. The van der Waals surface area contributed by atoms with Crippen LogP contribution < -0.4 is 9.80 Å². The maximum Gasteiger partial charge on any atom is 0.280 e. The van der Waals surface area contributed by atoms with E-state index in [0.29, 0.717) is 11.3 Å². The molecule has 6 heteroatoms. The van der Waals surface area contributed by atoms with Crippen LogP contribution in [-0.2, 0) is 6.54 Å². The molecule has 4 atom stereocenters. The molecule has 0 bridgehead atoms. The van der Waals surface area contributed by atoms with Crippen molar-refractivity contribution in [2.75, 3.05) is 19.6 Å². The highest BCUT2D eigenvalue weighted by Gasteiger charge is 2.49. The van der Waals surface area contributed by atoms with Gasteiger partial charge in [-0.25, -0.2) is 0 Å². The smallest absolute Gasteiger partial charge is 0.280 e. The Labute approximate surface area is 178 Å². The zero-order valence-electron chi connectivity index (χ0n) is 17.6. The Morgan fingerprint density at radius 2 is 1.80 bits per heavy atom. The molecule has 30 heavy (non-hydrogen) atoms. The number of quaternary nitrogens is 2. The second kappa shape index (κ2) is 8.52. The van der Waals surface area contributed by atoms with Crippen LogP contribution in [0, 0.1) is 16.0 Å². The molecule has 3 fully saturated rings. The summed E-state index contributed by atoms with van der Waals surface area (Å²) in [6, 6.07) is 12.3. The van der Waals surface area contributed by atoms with E-state index in [4.69, 9.17) is 4.42 Å². The first-order valence-corrected chi connectivity index (χ1v) is 11.7. The highest BCUT2D eigenvalue weighted by Crippen LogP contribution is 2.31. The molecule has 2 aliphatic heterocycles. The highest BCUT2D eigenvalue weighted by molar-refractivity contribution is 5.69. The van der Waals surface area contributed by atoms with Gasteiger partial charge in [0.2, 0.25) is 0 Å². The number of nitro groups is 1. The highest BCUT2D eigenvalue weighted by atomic mass is 16.6. The van der Waals surface area contributed by atoms with E-state index in [0.717, 1.165) is 30.3 Å². The number of rotatable bonds is 5. The van der Waals surface area contributed by atoms with Crippen LogP contribution in [0.15, 0.2) is 40.8 Å². The third-order valence-electron chi connectivity index (χ3n) is 7.80. The molecule has 3 aliphatic rings. The first kappa shape index (κ1) is 19.8. The van der Waals surface area contributed by atoms with Gasteiger partial charge in [-0.1, -0.05) is 31.4 Å². The van der Waals surface area contributed by atoms with E-state index >= 15 is 0 Å². The predicted octanol–water partition coefficient (Wildman–Crippen LogP) is 2.25. The fourth-order valence-electron chi connectivity index (χ4n) is 6.50. The Morgan fingerprint density at radius 1 is 0.967 bits per heavy atom. The van der Waals surface area contributed by atoms with Crippen molar-refractivity contribution in [2.45, 2.75) is 63.6 Å². The number of nitrogens with one attached hydrogen (secondary N) is 2. The molecule has 2 saturated heterocycles. The van der Waals surface area contributed by atoms with Crippen LogP contribution in [0.5, 0.6) is 0 Å². The molecular formula is C24H33N3O3+2. The first-order chi connectivity index (χ1) is 14.7. The Bertz CT molecular complexity index is 889. The maximum atomic E-state index is 11.4. The summed E-state index contributed by atoms with van der Waals surface area (Å²) in [5.41, 5.74) is 0.673. The maximum absolute atomic E-state index is 11.4. The summed E-state index contributed by atoms with van der Waals surface area (Å²) in [5, 5.41) is 11.4. The predicted molar refractivity (Wildman–Crippen MR) is 114 cm³/mol. The Hall–Kier alpha value is -2.18. The number of benzene rings is 1. The van der Waals surface area contributed by atoms with E-state index in [1.165, 1.54) is 64.6 Å². The van der Waals surface area contributed by atoms with Crippen LogP contribution in [-0.4, -0.2) is 36.6 Å². The molecule has 160 valence electrons. The largest absolute Gasteiger partial charge is 0.455 e. The number of furan rings is 1. The molecule has 5 rings (SSSR count). The van der Waals surface area contributed by atoms with Gasteiger partial charge in [-0.15, -0.1) is 0 Å². The van der Waals surface area contributed by atoms with Crippen molar-refractivity contribution in [3.8, 4) is 11.3 Å². The lowest BCUT2D eigenvalue weighted by Gasteiger charge is -2.43. The van der Waals surface area contributed by atoms with Crippen molar-refractivity contribution in [1.82, 2.24) is 0 Å². The fraction of sp³-hybridized carbons (Fsp3) is 0.583. The van der Waals surface area contributed by atoms with E-state index in [9.17, 15) is 10.1 Å². The molecule has 0 spiro atoms. The van der Waals surface area contributed by atoms with Gasteiger partial charge in [-0.3, -0.25) is 10.1 Å². The van der Waals surface area contributed by atoms with Crippen LogP contribution >= 0.6 is 0 Å². The number of para-hydroxylation sites is 1. The summed E-state index contributed by atoms with van der Waals surface area (Å²) in [5.74, 6) is 2.41. The van der Waals surface area contributed by atoms with E-state index in [-0.39, 0.29) is 10.6 Å². The molecule has 2 N–H and O–H groups in total. The van der Waals surface area contributed by atoms with Gasteiger partial charge in [-0.2, -0.15) is 0 Å². The van der Waals surface area contributed by atoms with Gasteiger partial charge in [0, 0.05) is 24.8 Å². The molecule has 1 saturated carbocycles. The minimum Gasteiger partial charge on any atom is -0.455 e. The summed E-state index contributed by atoms with van der Waals surface area (Å²) >= 11 is 0. The summed E-state index contributed by atoms with van der Waals surface area (Å²) in [4.78, 5) is 14.6. The second-order valence-electron chi connectivity index (χ2n) is 9.46. The van der Waals surface area contributed by atoms with Crippen LogP contribution in [0.25, 0.3) is 11.3 Å². The number of nitro benzene ring substituents is 1. The topological polar surface area (TPSA) is 65.2 Å². The normalized spacial score (nSPS) is 29.6. The van der Waals surface area contributed by atoms with Crippen LogP contribution in [0.4, 0.5) is 5.69 Å². The average molecular weight is 412 g/mol. The zero-order chi connectivity index (χ0) is 20.5. The number of nitrogens with zero attached hydrogens (tertiary/aromatic N) is 1.